The van der Waals surface area contributed by atoms with Gasteiger partial charge in [-0.25, -0.2) is 0 Å². The highest BCUT2D eigenvalue weighted by molar-refractivity contribution is 7.85. The number of aryl methyl sites for hydroxylation is 2. The first-order valence-electron chi connectivity index (χ1n) is 5.36. The SMILES string of the molecule is CCC(C)c1cc(S(=O)(=O)O)c(C)cc1C. The summed E-state index contributed by atoms with van der Waals surface area (Å²) in [6.07, 6.45) is 0.939. The van der Waals surface area contributed by atoms with Crippen molar-refractivity contribution < 1.29 is 13.0 Å². The minimum Gasteiger partial charge on any atom is -0.282 e. The highest BCUT2D eigenvalue weighted by atomic mass is 32.2. The zero-order chi connectivity index (χ0) is 12.5. The Labute approximate surface area is 97.2 Å². The molecular formula is C12H18O3S. The predicted molar refractivity (Wildman–Crippen MR) is 64.4 cm³/mol. The second-order valence-corrected chi connectivity index (χ2v) is 5.65. The molecular weight excluding hydrogens is 224 g/mol. The Kier molecular flexibility index (Phi) is 3.76. The summed E-state index contributed by atoms with van der Waals surface area (Å²) >= 11 is 0. The fourth-order valence-corrected chi connectivity index (χ4v) is 2.62. The van der Waals surface area contributed by atoms with E-state index in [1.807, 2.05) is 19.9 Å². The van der Waals surface area contributed by atoms with E-state index in [1.165, 1.54) is 0 Å². The first-order chi connectivity index (χ1) is 7.27. The molecule has 1 rings (SSSR count). The first-order valence-corrected chi connectivity index (χ1v) is 6.80. The molecule has 1 aromatic rings. The summed E-state index contributed by atoms with van der Waals surface area (Å²) in [6.45, 7) is 7.75. The molecule has 90 valence electrons. The van der Waals surface area contributed by atoms with Crippen molar-refractivity contribution in [3.8, 4) is 0 Å². The molecule has 0 saturated carbocycles. The summed E-state index contributed by atoms with van der Waals surface area (Å²) < 4.78 is 31.5. The van der Waals surface area contributed by atoms with Gasteiger partial charge in [0.2, 0.25) is 0 Å². The smallest absolute Gasteiger partial charge is 0.282 e. The normalized spacial score (nSPS) is 13.8. The Morgan fingerprint density at radius 1 is 1.25 bits per heavy atom. The molecule has 1 aromatic carbocycles. The van der Waals surface area contributed by atoms with E-state index in [-0.39, 0.29) is 4.90 Å². The van der Waals surface area contributed by atoms with Crippen LogP contribution in [0.25, 0.3) is 0 Å². The van der Waals surface area contributed by atoms with Gasteiger partial charge in [-0.15, -0.1) is 0 Å². The quantitative estimate of drug-likeness (QED) is 0.829. The van der Waals surface area contributed by atoms with Crippen molar-refractivity contribution in [3.63, 3.8) is 0 Å². The van der Waals surface area contributed by atoms with Gasteiger partial charge in [-0.05, 0) is 48.9 Å². The van der Waals surface area contributed by atoms with E-state index in [0.29, 0.717) is 11.5 Å². The number of hydrogen-bond donors (Lipinski definition) is 1. The molecule has 16 heavy (non-hydrogen) atoms. The van der Waals surface area contributed by atoms with E-state index in [2.05, 4.69) is 6.92 Å². The van der Waals surface area contributed by atoms with Crippen LogP contribution in [0.2, 0.25) is 0 Å². The summed E-state index contributed by atoms with van der Waals surface area (Å²) in [7, 11) is -4.11. The highest BCUT2D eigenvalue weighted by Crippen LogP contribution is 2.27. The Morgan fingerprint density at radius 2 is 1.81 bits per heavy atom. The zero-order valence-corrected chi connectivity index (χ0v) is 10.9. The Bertz CT molecular complexity index is 489. The molecule has 0 saturated heterocycles. The lowest BCUT2D eigenvalue weighted by Crippen LogP contribution is -2.05. The molecule has 0 aromatic heterocycles. The lowest BCUT2D eigenvalue weighted by molar-refractivity contribution is 0.482. The van der Waals surface area contributed by atoms with Crippen LogP contribution in [0.5, 0.6) is 0 Å². The minimum atomic E-state index is -4.11. The van der Waals surface area contributed by atoms with Crippen LogP contribution in [0, 0.1) is 13.8 Å². The third-order valence-electron chi connectivity index (χ3n) is 2.98. The van der Waals surface area contributed by atoms with Gasteiger partial charge in [0, 0.05) is 0 Å². The molecule has 1 atom stereocenters. The molecule has 3 nitrogen and oxygen atoms in total. The second-order valence-electron chi connectivity index (χ2n) is 4.26. The zero-order valence-electron chi connectivity index (χ0n) is 10.1. The molecule has 1 N–H and O–H groups in total. The van der Waals surface area contributed by atoms with Gasteiger partial charge in [-0.1, -0.05) is 19.9 Å². The molecule has 0 amide bonds. The number of hydrogen-bond acceptors (Lipinski definition) is 2. The number of benzene rings is 1. The van der Waals surface area contributed by atoms with Crippen LogP contribution in [0.15, 0.2) is 17.0 Å². The Morgan fingerprint density at radius 3 is 2.25 bits per heavy atom. The van der Waals surface area contributed by atoms with E-state index >= 15 is 0 Å². The molecule has 0 radical (unpaired) electrons. The van der Waals surface area contributed by atoms with Crippen LogP contribution in [0.3, 0.4) is 0 Å². The van der Waals surface area contributed by atoms with Crippen LogP contribution in [-0.2, 0) is 10.1 Å². The summed E-state index contributed by atoms with van der Waals surface area (Å²) in [6, 6.07) is 3.40. The van der Waals surface area contributed by atoms with Crippen molar-refractivity contribution in [2.75, 3.05) is 0 Å². The maximum absolute atomic E-state index is 11.2. The average molecular weight is 242 g/mol. The molecule has 0 bridgehead atoms. The van der Waals surface area contributed by atoms with Gasteiger partial charge >= 0.3 is 0 Å². The van der Waals surface area contributed by atoms with Crippen molar-refractivity contribution in [1.29, 1.82) is 0 Å². The minimum absolute atomic E-state index is 0.0217. The van der Waals surface area contributed by atoms with Crippen molar-refractivity contribution in [2.24, 2.45) is 0 Å². The molecule has 0 aliphatic carbocycles. The molecule has 0 fully saturated rings. The van der Waals surface area contributed by atoms with Crippen LogP contribution in [0.1, 0.15) is 42.9 Å². The maximum atomic E-state index is 11.2. The van der Waals surface area contributed by atoms with Gasteiger partial charge < -0.3 is 0 Å². The third-order valence-corrected chi connectivity index (χ3v) is 3.98. The van der Waals surface area contributed by atoms with Crippen LogP contribution in [0.4, 0.5) is 0 Å². The molecule has 4 heteroatoms. The fourth-order valence-electron chi connectivity index (χ4n) is 1.88. The average Bonchev–Trinajstić information content (AvgIpc) is 2.14. The summed E-state index contributed by atoms with van der Waals surface area (Å²) in [5.74, 6) is 0.293. The highest BCUT2D eigenvalue weighted by Gasteiger charge is 2.17. The van der Waals surface area contributed by atoms with Crippen LogP contribution < -0.4 is 0 Å². The third kappa shape index (κ3) is 2.62. The lowest BCUT2D eigenvalue weighted by Gasteiger charge is -2.15. The monoisotopic (exact) mass is 242 g/mol. The predicted octanol–water partition coefficient (Wildman–Crippen LogP) is 3.06. The van der Waals surface area contributed by atoms with Gasteiger partial charge in [0.05, 0.1) is 4.90 Å². The van der Waals surface area contributed by atoms with Crippen molar-refractivity contribution >= 4 is 10.1 Å². The molecule has 0 heterocycles. The first kappa shape index (κ1) is 13.2. The van der Waals surface area contributed by atoms with Gasteiger partial charge in [0.25, 0.3) is 10.1 Å². The summed E-state index contributed by atoms with van der Waals surface area (Å²) in [4.78, 5) is 0.0217. The molecule has 1 unspecified atom stereocenters. The second kappa shape index (κ2) is 4.55. The summed E-state index contributed by atoms with van der Waals surface area (Å²) in [5, 5.41) is 0. The van der Waals surface area contributed by atoms with E-state index in [9.17, 15) is 8.42 Å². The summed E-state index contributed by atoms with van der Waals surface area (Å²) in [5.41, 5.74) is 2.65. The largest absolute Gasteiger partial charge is 0.294 e. The molecule has 0 aliphatic rings. The van der Waals surface area contributed by atoms with Gasteiger partial charge in [-0.2, -0.15) is 8.42 Å². The fraction of sp³-hybridized carbons (Fsp3) is 0.500. The van der Waals surface area contributed by atoms with Gasteiger partial charge in [-0.3, -0.25) is 4.55 Å². The van der Waals surface area contributed by atoms with Gasteiger partial charge in [0.15, 0.2) is 0 Å². The van der Waals surface area contributed by atoms with Crippen molar-refractivity contribution in [2.45, 2.75) is 44.9 Å². The van der Waals surface area contributed by atoms with Crippen LogP contribution in [-0.4, -0.2) is 13.0 Å². The van der Waals surface area contributed by atoms with E-state index in [4.69, 9.17) is 4.55 Å². The Balaban J connectivity index is 3.45. The lowest BCUT2D eigenvalue weighted by atomic mass is 9.93. The standard InChI is InChI=1S/C12H18O3S/c1-5-8(2)11-7-12(16(13,14)15)10(4)6-9(11)3/h6-8H,5H2,1-4H3,(H,13,14,15). The maximum Gasteiger partial charge on any atom is 0.294 e. The van der Waals surface area contributed by atoms with E-state index < -0.39 is 10.1 Å². The molecule has 0 aliphatic heterocycles. The topological polar surface area (TPSA) is 54.4 Å². The van der Waals surface area contributed by atoms with Gasteiger partial charge in [0.1, 0.15) is 0 Å². The van der Waals surface area contributed by atoms with Crippen molar-refractivity contribution in [3.05, 3.63) is 28.8 Å². The molecule has 0 spiro atoms. The number of rotatable bonds is 3. The van der Waals surface area contributed by atoms with E-state index in [0.717, 1.165) is 17.5 Å². The Hall–Kier alpha value is -0.870. The van der Waals surface area contributed by atoms with Crippen LogP contribution >= 0.6 is 0 Å². The van der Waals surface area contributed by atoms with Crippen molar-refractivity contribution in [1.82, 2.24) is 0 Å². The van der Waals surface area contributed by atoms with E-state index in [1.54, 1.807) is 13.0 Å².